The normalized spacial score (nSPS) is 18.3. The number of hydrogen-bond donors (Lipinski definition) is 1. The maximum Gasteiger partial charge on any atom is 0.472 e. The number of quaternary nitrogens is 1. The summed E-state index contributed by atoms with van der Waals surface area (Å²) in [5.74, 6) is -0.0707. The molecule has 1 heterocycles. The van der Waals surface area contributed by atoms with Crippen molar-refractivity contribution in [1.29, 1.82) is 0 Å². The smallest absolute Gasteiger partial charge is 0.472 e. The van der Waals surface area contributed by atoms with Crippen LogP contribution in [0.4, 0.5) is 4.79 Å². The molecule has 1 N–H and O–H groups in total. The second-order valence-electron chi connectivity index (χ2n) is 12.1. The van der Waals surface area contributed by atoms with Gasteiger partial charge in [-0.2, -0.15) is 0 Å². The minimum atomic E-state index is -4.30. The number of carbonyl (C=O) groups excluding carboxylic acids is 1. The highest BCUT2D eigenvalue weighted by Gasteiger charge is 2.31. The Labute approximate surface area is 238 Å². The first-order valence-electron chi connectivity index (χ1n) is 15.6. The summed E-state index contributed by atoms with van der Waals surface area (Å²) in [6.45, 7) is 3.22. The quantitative estimate of drug-likeness (QED) is 0.0626. The number of likely N-dealkylation sites (N-methyl/N-ethyl adjacent to an activating group) is 1. The fraction of sp³-hybridized carbons (Fsp3) is 0.966. The molecule has 1 aliphatic rings. The molecule has 0 aromatic rings. The summed E-state index contributed by atoms with van der Waals surface area (Å²) in [5.41, 5.74) is 0. The highest BCUT2D eigenvalue weighted by Crippen LogP contribution is 2.44. The third-order valence-corrected chi connectivity index (χ3v) is 8.44. The number of ether oxygens (including phenoxy) is 1. The molecule has 0 aromatic heterocycles. The van der Waals surface area contributed by atoms with E-state index in [0.29, 0.717) is 26.1 Å². The van der Waals surface area contributed by atoms with Gasteiger partial charge >= 0.3 is 13.9 Å². The van der Waals surface area contributed by atoms with Gasteiger partial charge in [-0.25, -0.2) is 9.36 Å². The van der Waals surface area contributed by atoms with E-state index in [0.717, 1.165) is 12.8 Å². The number of likely N-dealkylation sites (tertiary alicyclic amines) is 1. The highest BCUT2D eigenvalue weighted by molar-refractivity contribution is 7.47. The van der Waals surface area contributed by atoms with Gasteiger partial charge < -0.3 is 24.1 Å². The maximum absolute atomic E-state index is 12.3. The van der Waals surface area contributed by atoms with Crippen molar-refractivity contribution in [3.8, 4) is 0 Å². The van der Waals surface area contributed by atoms with Gasteiger partial charge in [-0.3, -0.25) is 9.05 Å². The van der Waals surface area contributed by atoms with Crippen molar-refractivity contribution in [2.45, 2.75) is 122 Å². The Morgan fingerprint density at radius 1 is 0.897 bits per heavy atom. The Hall–Kier alpha value is -0.700. The first-order chi connectivity index (χ1) is 18.5. The lowest BCUT2D eigenvalue weighted by Gasteiger charge is -2.38. The highest BCUT2D eigenvalue weighted by atomic mass is 31.2. The SMILES string of the molecule is CCCCCCCCCCCCCCCCCCOC(=O)N1CCC(COP(=O)(O)OCC([O-])[N+](C)(C)C)C1. The number of phosphoric acid groups is 1. The number of amides is 1. The van der Waals surface area contributed by atoms with Crippen LogP contribution < -0.4 is 5.11 Å². The molecule has 1 saturated heterocycles. The number of phosphoric ester groups is 1. The van der Waals surface area contributed by atoms with E-state index in [1.54, 1.807) is 26.0 Å². The number of nitrogens with zero attached hydrogens (tertiary/aromatic N) is 2. The third-order valence-electron chi connectivity index (χ3n) is 7.49. The molecule has 0 spiro atoms. The molecule has 0 aliphatic carbocycles. The molecule has 1 fully saturated rings. The number of rotatable bonds is 24. The van der Waals surface area contributed by atoms with Crippen molar-refractivity contribution in [3.05, 3.63) is 0 Å². The van der Waals surface area contributed by atoms with E-state index in [2.05, 4.69) is 6.92 Å². The number of hydrogen-bond acceptors (Lipinski definition) is 6. The van der Waals surface area contributed by atoms with Crippen molar-refractivity contribution in [3.63, 3.8) is 0 Å². The monoisotopic (exact) mass is 578 g/mol. The zero-order valence-electron chi connectivity index (χ0n) is 25.4. The standard InChI is InChI=1S/C29H59N2O7P/c1-5-6-7-8-9-10-11-12-13-14-15-16-17-18-19-20-23-36-29(33)30-22-21-27(24-30)25-37-39(34,35)38-26-28(32)31(2,3)4/h27-28H,5-26H2,1-4H3,(H,34,35). The molecule has 9 nitrogen and oxygen atoms in total. The average Bonchev–Trinajstić information content (AvgIpc) is 3.37. The Balaban J connectivity index is 1.96. The summed E-state index contributed by atoms with van der Waals surface area (Å²) in [7, 11) is 0.769. The van der Waals surface area contributed by atoms with Crippen molar-refractivity contribution < 1.29 is 37.6 Å². The average molecular weight is 579 g/mol. The van der Waals surface area contributed by atoms with Gasteiger partial charge in [0.2, 0.25) is 0 Å². The van der Waals surface area contributed by atoms with Crippen LogP contribution in [0.25, 0.3) is 0 Å². The summed E-state index contributed by atoms with van der Waals surface area (Å²) in [6, 6.07) is 0. The van der Waals surface area contributed by atoms with E-state index in [1.165, 1.54) is 89.9 Å². The molecule has 39 heavy (non-hydrogen) atoms. The molecule has 1 aliphatic heterocycles. The minimum Gasteiger partial charge on any atom is -0.804 e. The van der Waals surface area contributed by atoms with Crippen LogP contribution in [-0.4, -0.2) is 80.7 Å². The summed E-state index contributed by atoms with van der Waals surface area (Å²) >= 11 is 0. The van der Waals surface area contributed by atoms with Gasteiger partial charge in [0.15, 0.2) is 0 Å². The second kappa shape index (κ2) is 21.1. The van der Waals surface area contributed by atoms with Crippen molar-refractivity contribution in [1.82, 2.24) is 4.90 Å². The van der Waals surface area contributed by atoms with Crippen LogP contribution in [0.5, 0.6) is 0 Å². The van der Waals surface area contributed by atoms with Gasteiger partial charge in [-0.05, 0) is 12.8 Å². The van der Waals surface area contributed by atoms with Crippen LogP contribution in [0, 0.1) is 5.92 Å². The van der Waals surface area contributed by atoms with E-state index in [9.17, 15) is 19.4 Å². The van der Waals surface area contributed by atoms with Gasteiger partial charge in [-0.1, -0.05) is 103 Å². The first kappa shape index (κ1) is 36.3. The van der Waals surface area contributed by atoms with Crippen molar-refractivity contribution >= 4 is 13.9 Å². The largest absolute Gasteiger partial charge is 0.804 e. The summed E-state index contributed by atoms with van der Waals surface area (Å²) in [6.07, 6.45) is 20.0. The van der Waals surface area contributed by atoms with Crippen LogP contribution >= 0.6 is 7.82 Å². The molecule has 0 saturated carbocycles. The zero-order chi connectivity index (χ0) is 29.0. The summed E-state index contributed by atoms with van der Waals surface area (Å²) in [5, 5.41) is 11.9. The predicted octanol–water partition coefficient (Wildman–Crippen LogP) is 6.23. The van der Waals surface area contributed by atoms with E-state index in [4.69, 9.17) is 13.8 Å². The van der Waals surface area contributed by atoms with E-state index in [1.807, 2.05) is 0 Å². The van der Waals surface area contributed by atoms with Crippen LogP contribution in [0.3, 0.4) is 0 Å². The zero-order valence-corrected chi connectivity index (χ0v) is 26.3. The second-order valence-corrected chi connectivity index (χ2v) is 13.6. The van der Waals surface area contributed by atoms with E-state index < -0.39 is 20.7 Å². The van der Waals surface area contributed by atoms with Gasteiger partial charge in [0.25, 0.3) is 0 Å². The first-order valence-corrected chi connectivity index (χ1v) is 17.0. The fourth-order valence-electron chi connectivity index (χ4n) is 4.65. The topological polar surface area (TPSA) is 108 Å². The van der Waals surface area contributed by atoms with Gasteiger partial charge in [-0.15, -0.1) is 0 Å². The lowest BCUT2D eigenvalue weighted by atomic mass is 10.0. The Morgan fingerprint density at radius 2 is 1.38 bits per heavy atom. The Morgan fingerprint density at radius 3 is 1.87 bits per heavy atom. The summed E-state index contributed by atoms with van der Waals surface area (Å²) < 4.78 is 27.5. The van der Waals surface area contributed by atoms with Gasteiger partial charge in [0.1, 0.15) is 0 Å². The van der Waals surface area contributed by atoms with Crippen LogP contribution in [-0.2, 0) is 18.3 Å². The molecular weight excluding hydrogens is 519 g/mol. The molecule has 0 radical (unpaired) electrons. The molecule has 3 unspecified atom stereocenters. The van der Waals surface area contributed by atoms with E-state index in [-0.39, 0.29) is 23.1 Å². The molecule has 0 aromatic carbocycles. The van der Waals surface area contributed by atoms with Crippen LogP contribution in [0.15, 0.2) is 0 Å². The fourth-order valence-corrected chi connectivity index (χ4v) is 5.44. The van der Waals surface area contributed by atoms with Crippen LogP contribution in [0.1, 0.15) is 116 Å². The van der Waals surface area contributed by atoms with Crippen molar-refractivity contribution in [2.24, 2.45) is 5.92 Å². The molecular formula is C29H59N2O7P. The molecule has 10 heteroatoms. The van der Waals surface area contributed by atoms with Gasteiger partial charge in [0, 0.05) is 25.2 Å². The van der Waals surface area contributed by atoms with Gasteiger partial charge in [0.05, 0.1) is 41.0 Å². The van der Waals surface area contributed by atoms with Crippen LogP contribution in [0.2, 0.25) is 0 Å². The van der Waals surface area contributed by atoms with E-state index >= 15 is 0 Å². The number of unbranched alkanes of at least 4 members (excludes halogenated alkanes) is 15. The molecule has 0 bridgehead atoms. The number of carbonyl (C=O) groups is 1. The maximum atomic E-state index is 12.3. The molecule has 232 valence electrons. The Kier molecular flexibility index (Phi) is 19.6. The molecule has 1 rings (SSSR count). The van der Waals surface area contributed by atoms with Crippen molar-refractivity contribution in [2.75, 3.05) is 54.1 Å². The Bertz CT molecular complexity index is 675. The lowest BCUT2D eigenvalue weighted by Crippen LogP contribution is -2.55. The summed E-state index contributed by atoms with van der Waals surface area (Å²) in [4.78, 5) is 23.8. The minimum absolute atomic E-state index is 0.00934. The molecule has 1 amide bonds. The third kappa shape index (κ3) is 19.1. The molecule has 3 atom stereocenters. The predicted molar refractivity (Wildman–Crippen MR) is 154 cm³/mol. The lowest BCUT2D eigenvalue weighted by molar-refractivity contribution is -0.969.